The zero-order valence-corrected chi connectivity index (χ0v) is 19.6. The second-order valence-corrected chi connectivity index (χ2v) is 9.30. The SMILES string of the molecule is COCC(C=O)Oc1ccccc1N1C[C@]2(CC[C@](c3ccccc3)(N(C)C)CC2)NC1=O. The molecule has 1 spiro atoms. The number of methoxy groups -OCH3 is 1. The predicted octanol–water partition coefficient (Wildman–Crippen LogP) is 3.58. The summed E-state index contributed by atoms with van der Waals surface area (Å²) < 4.78 is 10.9. The molecular weight excluding hydrogens is 418 g/mol. The Bertz CT molecular complexity index is 971. The van der Waals surface area contributed by atoms with E-state index in [-0.39, 0.29) is 23.7 Å². The fraction of sp³-hybridized carbons (Fsp3) is 0.462. The molecule has 1 atom stereocenters. The summed E-state index contributed by atoms with van der Waals surface area (Å²) in [6.45, 7) is 0.723. The summed E-state index contributed by atoms with van der Waals surface area (Å²) in [6, 6.07) is 17.9. The lowest BCUT2D eigenvalue weighted by molar-refractivity contribution is -0.115. The number of carbonyl (C=O) groups is 2. The summed E-state index contributed by atoms with van der Waals surface area (Å²) in [5.74, 6) is 0.501. The summed E-state index contributed by atoms with van der Waals surface area (Å²) in [4.78, 5) is 28.5. The van der Waals surface area contributed by atoms with Gasteiger partial charge in [0, 0.05) is 12.6 Å². The maximum absolute atomic E-state index is 13.1. The number of nitrogens with one attached hydrogen (secondary N) is 1. The highest BCUT2D eigenvalue weighted by Gasteiger charge is 2.50. The van der Waals surface area contributed by atoms with Gasteiger partial charge in [-0.15, -0.1) is 0 Å². The first-order valence-electron chi connectivity index (χ1n) is 11.5. The van der Waals surface area contributed by atoms with E-state index in [9.17, 15) is 9.59 Å². The van der Waals surface area contributed by atoms with E-state index in [2.05, 4.69) is 48.6 Å². The largest absolute Gasteiger partial charge is 0.478 e. The number of nitrogens with zero attached hydrogens (tertiary/aromatic N) is 2. The van der Waals surface area contributed by atoms with Gasteiger partial charge in [-0.3, -0.25) is 14.6 Å². The van der Waals surface area contributed by atoms with E-state index in [1.807, 2.05) is 24.3 Å². The maximum atomic E-state index is 13.1. The third-order valence-electron chi connectivity index (χ3n) is 7.20. The van der Waals surface area contributed by atoms with Gasteiger partial charge in [0.25, 0.3) is 0 Å². The number of hydrogen-bond acceptors (Lipinski definition) is 5. The van der Waals surface area contributed by atoms with E-state index in [0.717, 1.165) is 32.0 Å². The first-order valence-corrected chi connectivity index (χ1v) is 11.5. The first-order chi connectivity index (χ1) is 15.9. The Hall–Kier alpha value is -2.90. The number of carbonyl (C=O) groups excluding carboxylic acids is 2. The van der Waals surface area contributed by atoms with Crippen LogP contribution in [0.1, 0.15) is 31.2 Å². The molecule has 2 amide bonds. The molecule has 0 bridgehead atoms. The second kappa shape index (κ2) is 9.53. The number of amides is 2. The van der Waals surface area contributed by atoms with Crippen LogP contribution in [-0.4, -0.2) is 63.2 Å². The Morgan fingerprint density at radius 2 is 1.73 bits per heavy atom. The molecule has 7 nitrogen and oxygen atoms in total. The number of benzene rings is 2. The van der Waals surface area contributed by atoms with E-state index < -0.39 is 6.10 Å². The zero-order valence-electron chi connectivity index (χ0n) is 19.6. The molecule has 1 aliphatic carbocycles. The molecule has 1 saturated heterocycles. The topological polar surface area (TPSA) is 71.1 Å². The van der Waals surface area contributed by atoms with Crippen LogP contribution >= 0.6 is 0 Å². The van der Waals surface area contributed by atoms with E-state index in [4.69, 9.17) is 9.47 Å². The summed E-state index contributed by atoms with van der Waals surface area (Å²) >= 11 is 0. The number of urea groups is 1. The number of rotatable bonds is 8. The van der Waals surface area contributed by atoms with E-state index in [0.29, 0.717) is 18.0 Å². The average Bonchev–Trinajstić information content (AvgIpc) is 3.15. The summed E-state index contributed by atoms with van der Waals surface area (Å²) in [7, 11) is 5.80. The third-order valence-corrected chi connectivity index (χ3v) is 7.20. The lowest BCUT2D eigenvalue weighted by Gasteiger charge is -2.48. The summed E-state index contributed by atoms with van der Waals surface area (Å²) in [6.07, 6.45) is 3.67. The normalized spacial score (nSPS) is 25.8. The predicted molar refractivity (Wildman–Crippen MR) is 128 cm³/mol. The van der Waals surface area contributed by atoms with Crippen molar-refractivity contribution in [1.82, 2.24) is 10.2 Å². The van der Waals surface area contributed by atoms with Crippen LogP contribution in [0.4, 0.5) is 10.5 Å². The van der Waals surface area contributed by atoms with Gasteiger partial charge in [-0.1, -0.05) is 42.5 Å². The molecule has 7 heteroatoms. The Balaban J connectivity index is 1.54. The molecule has 1 heterocycles. The molecule has 2 fully saturated rings. The number of anilines is 1. The van der Waals surface area contributed by atoms with Crippen molar-refractivity contribution >= 4 is 18.0 Å². The van der Waals surface area contributed by atoms with Gasteiger partial charge in [0.2, 0.25) is 0 Å². The van der Waals surface area contributed by atoms with Crippen molar-refractivity contribution in [3.05, 3.63) is 60.2 Å². The number of ether oxygens (including phenoxy) is 2. The highest BCUT2D eigenvalue weighted by molar-refractivity contribution is 5.96. The molecule has 1 aliphatic heterocycles. The van der Waals surface area contributed by atoms with Gasteiger partial charge in [-0.25, -0.2) is 4.79 Å². The Morgan fingerprint density at radius 1 is 1.06 bits per heavy atom. The van der Waals surface area contributed by atoms with Crippen molar-refractivity contribution in [2.75, 3.05) is 39.3 Å². The molecule has 1 unspecified atom stereocenters. The molecule has 2 aliphatic rings. The smallest absolute Gasteiger partial charge is 0.322 e. The van der Waals surface area contributed by atoms with Crippen LogP contribution in [0.25, 0.3) is 0 Å². The molecule has 1 N–H and O–H groups in total. The third kappa shape index (κ3) is 4.48. The van der Waals surface area contributed by atoms with Gasteiger partial charge < -0.3 is 14.8 Å². The van der Waals surface area contributed by atoms with Gasteiger partial charge in [0.15, 0.2) is 12.4 Å². The monoisotopic (exact) mass is 451 g/mol. The van der Waals surface area contributed by atoms with Crippen molar-refractivity contribution in [2.24, 2.45) is 0 Å². The fourth-order valence-corrected chi connectivity index (χ4v) is 5.28. The number of para-hydroxylation sites is 2. The van der Waals surface area contributed by atoms with Crippen LogP contribution in [0.15, 0.2) is 54.6 Å². The van der Waals surface area contributed by atoms with Crippen LogP contribution in [0, 0.1) is 0 Å². The quantitative estimate of drug-likeness (QED) is 0.622. The Kier molecular flexibility index (Phi) is 6.72. The Morgan fingerprint density at radius 3 is 2.36 bits per heavy atom. The molecule has 4 rings (SSSR count). The van der Waals surface area contributed by atoms with Crippen molar-refractivity contribution in [1.29, 1.82) is 0 Å². The molecular formula is C26H33N3O4. The molecule has 2 aromatic rings. The van der Waals surface area contributed by atoms with Gasteiger partial charge in [-0.2, -0.15) is 0 Å². The zero-order chi connectivity index (χ0) is 23.5. The number of hydrogen-bond donors (Lipinski definition) is 1. The van der Waals surface area contributed by atoms with Crippen LogP contribution < -0.4 is 15.0 Å². The fourth-order valence-electron chi connectivity index (χ4n) is 5.28. The van der Waals surface area contributed by atoms with Gasteiger partial charge in [0.05, 0.1) is 24.4 Å². The van der Waals surface area contributed by atoms with Crippen LogP contribution in [0.2, 0.25) is 0 Å². The van der Waals surface area contributed by atoms with Crippen molar-refractivity contribution in [3.63, 3.8) is 0 Å². The lowest BCUT2D eigenvalue weighted by Crippen LogP contribution is -2.54. The van der Waals surface area contributed by atoms with Gasteiger partial charge in [-0.05, 0) is 57.5 Å². The summed E-state index contributed by atoms with van der Waals surface area (Å²) in [5.41, 5.74) is 1.67. The molecule has 176 valence electrons. The maximum Gasteiger partial charge on any atom is 0.322 e. The van der Waals surface area contributed by atoms with Gasteiger partial charge >= 0.3 is 6.03 Å². The molecule has 2 aromatic carbocycles. The Labute approximate surface area is 195 Å². The van der Waals surface area contributed by atoms with E-state index in [1.54, 1.807) is 11.0 Å². The standard InChI is InChI=1S/C26H33N3O4/c1-28(2)26(20-9-5-4-6-10-20)15-13-25(14-16-26)19-29(24(31)27-25)22-11-7-8-12-23(22)33-21(17-30)18-32-3/h4-12,17,21H,13-16,18-19H2,1-3H3,(H,27,31)/t21?,25-,26+. The van der Waals surface area contributed by atoms with Crippen LogP contribution in [0.5, 0.6) is 5.75 Å². The first kappa shape index (κ1) is 23.3. The molecule has 33 heavy (non-hydrogen) atoms. The number of aldehydes is 1. The average molecular weight is 452 g/mol. The lowest BCUT2D eigenvalue weighted by atomic mass is 9.69. The minimum atomic E-state index is -0.725. The molecule has 0 radical (unpaired) electrons. The highest BCUT2D eigenvalue weighted by atomic mass is 16.5. The van der Waals surface area contributed by atoms with Crippen molar-refractivity contribution in [3.8, 4) is 5.75 Å². The minimum Gasteiger partial charge on any atom is -0.478 e. The summed E-state index contributed by atoms with van der Waals surface area (Å²) in [5, 5.41) is 3.28. The minimum absolute atomic E-state index is 0.0387. The second-order valence-electron chi connectivity index (χ2n) is 9.30. The van der Waals surface area contributed by atoms with E-state index in [1.165, 1.54) is 12.7 Å². The van der Waals surface area contributed by atoms with Crippen LogP contribution in [-0.2, 0) is 15.1 Å². The molecule has 0 aromatic heterocycles. The van der Waals surface area contributed by atoms with Crippen molar-refractivity contribution < 1.29 is 19.1 Å². The van der Waals surface area contributed by atoms with Gasteiger partial charge in [0.1, 0.15) is 5.75 Å². The van der Waals surface area contributed by atoms with Crippen LogP contribution in [0.3, 0.4) is 0 Å². The molecule has 1 saturated carbocycles. The van der Waals surface area contributed by atoms with Crippen molar-refractivity contribution in [2.45, 2.75) is 42.9 Å². The highest BCUT2D eigenvalue weighted by Crippen LogP contribution is 2.47. The van der Waals surface area contributed by atoms with E-state index >= 15 is 0 Å².